The van der Waals surface area contributed by atoms with E-state index < -0.39 is 0 Å². The molecule has 166 valence electrons. The zero-order chi connectivity index (χ0) is 22.5. The number of benzene rings is 3. The van der Waals surface area contributed by atoms with Crippen LogP contribution in [0, 0.1) is 27.9 Å². The Kier molecular flexibility index (Phi) is 4.68. The molecular weight excluding hydrogens is 416 g/mol. The summed E-state index contributed by atoms with van der Waals surface area (Å²) < 4.78 is 5.55. The molecule has 3 aromatic rings. The molecule has 1 N–H and O–H groups in total. The number of rotatable bonds is 4. The molecule has 0 aromatic heterocycles. The minimum Gasteiger partial charge on any atom is -0.423 e. The van der Waals surface area contributed by atoms with E-state index >= 15 is 0 Å². The van der Waals surface area contributed by atoms with Gasteiger partial charge in [0.2, 0.25) is 0 Å². The highest BCUT2D eigenvalue weighted by Gasteiger charge is 2.54. The van der Waals surface area contributed by atoms with E-state index in [1.807, 2.05) is 48.5 Å². The van der Waals surface area contributed by atoms with Crippen LogP contribution in [0.15, 0.2) is 72.8 Å². The lowest BCUT2D eigenvalue weighted by Gasteiger charge is -2.43. The minimum atomic E-state index is -0.372. The number of nitrogens with zero attached hydrogens (tertiary/aromatic N) is 1. The molecular formula is C27H24N2O4. The van der Waals surface area contributed by atoms with E-state index in [1.165, 1.54) is 19.3 Å². The van der Waals surface area contributed by atoms with E-state index in [9.17, 15) is 14.9 Å². The quantitative estimate of drug-likeness (QED) is 0.229. The lowest BCUT2D eigenvalue weighted by Crippen LogP contribution is -2.35. The van der Waals surface area contributed by atoms with Crippen LogP contribution in [-0.2, 0) is 0 Å². The van der Waals surface area contributed by atoms with Crippen LogP contribution in [-0.4, -0.2) is 10.9 Å². The molecule has 33 heavy (non-hydrogen) atoms. The minimum absolute atomic E-state index is 0.137. The van der Waals surface area contributed by atoms with E-state index in [2.05, 4.69) is 5.32 Å². The summed E-state index contributed by atoms with van der Waals surface area (Å²) in [6.07, 6.45) is 3.62. The van der Waals surface area contributed by atoms with Gasteiger partial charge in [-0.15, -0.1) is 0 Å². The molecule has 0 spiro atoms. The van der Waals surface area contributed by atoms with Crippen LogP contribution in [0.1, 0.15) is 52.7 Å². The third-order valence-corrected chi connectivity index (χ3v) is 7.74. The lowest BCUT2D eigenvalue weighted by molar-refractivity contribution is -0.384. The van der Waals surface area contributed by atoms with Crippen molar-refractivity contribution >= 4 is 17.3 Å². The summed E-state index contributed by atoms with van der Waals surface area (Å²) in [5.41, 5.74) is 3.94. The van der Waals surface area contributed by atoms with Gasteiger partial charge in [-0.05, 0) is 84.4 Å². The van der Waals surface area contributed by atoms with Crippen molar-refractivity contribution in [2.75, 3.05) is 5.32 Å². The van der Waals surface area contributed by atoms with Gasteiger partial charge in [-0.25, -0.2) is 4.79 Å². The van der Waals surface area contributed by atoms with Crippen LogP contribution < -0.4 is 10.1 Å². The summed E-state index contributed by atoms with van der Waals surface area (Å²) >= 11 is 0. The van der Waals surface area contributed by atoms with Crippen molar-refractivity contribution in [1.82, 2.24) is 0 Å². The van der Waals surface area contributed by atoms with Crippen molar-refractivity contribution in [1.29, 1.82) is 0 Å². The fourth-order valence-corrected chi connectivity index (χ4v) is 6.40. The Labute approximate surface area is 191 Å². The number of carbonyl (C=O) groups is 1. The third-order valence-electron chi connectivity index (χ3n) is 7.74. The van der Waals surface area contributed by atoms with Gasteiger partial charge in [0.05, 0.1) is 16.5 Å². The van der Waals surface area contributed by atoms with E-state index in [1.54, 1.807) is 24.3 Å². The monoisotopic (exact) mass is 440 g/mol. The number of ether oxygens (including phenoxy) is 1. The van der Waals surface area contributed by atoms with E-state index in [0.29, 0.717) is 35.0 Å². The molecule has 0 saturated heterocycles. The van der Waals surface area contributed by atoms with Crippen LogP contribution in [0.25, 0.3) is 0 Å². The normalized spacial score (nSPS) is 26.7. The number of hydrogen-bond donors (Lipinski definition) is 1. The highest BCUT2D eigenvalue weighted by Crippen LogP contribution is 2.63. The molecule has 2 bridgehead atoms. The topological polar surface area (TPSA) is 81.5 Å². The Bertz CT molecular complexity index is 1220. The molecule has 0 radical (unpaired) electrons. The van der Waals surface area contributed by atoms with Gasteiger partial charge in [0.1, 0.15) is 5.75 Å². The fraction of sp³-hybridized carbons (Fsp3) is 0.296. The number of non-ortho nitro benzene ring substituents is 1. The van der Waals surface area contributed by atoms with Gasteiger partial charge < -0.3 is 10.1 Å². The van der Waals surface area contributed by atoms with Crippen LogP contribution in [0.2, 0.25) is 0 Å². The number of nitro benzene ring substituents is 1. The van der Waals surface area contributed by atoms with E-state index in [4.69, 9.17) is 4.74 Å². The molecule has 5 atom stereocenters. The first-order valence-corrected chi connectivity index (χ1v) is 11.5. The highest BCUT2D eigenvalue weighted by atomic mass is 16.6. The standard InChI is InChI=1S/C27H24N2O4/c30-27(17-4-2-1-3-5-17)33-21-11-8-16(9-12-21)26-25-19-7-6-18(14-19)24(25)22-15-20(29(31)32)10-13-23(22)28-26/h1-5,8-13,15,18-19,24-26,28H,6-7,14H2/t18-,19-,24-,25-,26-/m0/s1. The largest absolute Gasteiger partial charge is 0.423 e. The number of esters is 1. The van der Waals surface area contributed by atoms with Gasteiger partial charge in [0, 0.05) is 17.8 Å². The maximum absolute atomic E-state index is 12.4. The molecule has 1 heterocycles. The number of nitrogens with one attached hydrogen (secondary N) is 1. The summed E-state index contributed by atoms with van der Waals surface area (Å²) in [6, 6.07) is 22.1. The van der Waals surface area contributed by atoms with Crippen molar-refractivity contribution in [3.8, 4) is 5.75 Å². The van der Waals surface area contributed by atoms with E-state index in [0.717, 1.165) is 16.8 Å². The Morgan fingerprint density at radius 1 is 0.970 bits per heavy atom. The summed E-state index contributed by atoms with van der Waals surface area (Å²) in [7, 11) is 0. The molecule has 0 amide bonds. The van der Waals surface area contributed by atoms with E-state index in [-0.39, 0.29) is 22.6 Å². The molecule has 3 aliphatic rings. The van der Waals surface area contributed by atoms with Crippen molar-refractivity contribution < 1.29 is 14.5 Å². The summed E-state index contributed by atoms with van der Waals surface area (Å²) in [4.78, 5) is 23.4. The fourth-order valence-electron chi connectivity index (χ4n) is 6.40. The zero-order valence-electron chi connectivity index (χ0n) is 18.0. The second-order valence-corrected chi connectivity index (χ2v) is 9.41. The van der Waals surface area contributed by atoms with Crippen LogP contribution in [0.4, 0.5) is 11.4 Å². The molecule has 2 saturated carbocycles. The second kappa shape index (κ2) is 7.73. The van der Waals surface area contributed by atoms with Crippen molar-refractivity contribution in [3.05, 3.63) is 99.6 Å². The Morgan fingerprint density at radius 3 is 2.48 bits per heavy atom. The molecule has 6 nitrogen and oxygen atoms in total. The van der Waals surface area contributed by atoms with Gasteiger partial charge in [-0.1, -0.05) is 30.3 Å². The predicted octanol–water partition coefficient (Wildman–Crippen LogP) is 6.11. The summed E-state index contributed by atoms with van der Waals surface area (Å²) in [6.45, 7) is 0. The number of fused-ring (bicyclic) bond motifs is 7. The van der Waals surface area contributed by atoms with Crippen LogP contribution in [0.5, 0.6) is 5.75 Å². The Morgan fingerprint density at radius 2 is 1.73 bits per heavy atom. The number of carbonyl (C=O) groups excluding carboxylic acids is 1. The smallest absolute Gasteiger partial charge is 0.343 e. The number of nitro groups is 1. The maximum atomic E-state index is 12.4. The van der Waals surface area contributed by atoms with Gasteiger partial charge >= 0.3 is 5.97 Å². The Hall–Kier alpha value is -3.67. The molecule has 6 rings (SSSR count). The average Bonchev–Trinajstić information content (AvgIpc) is 3.47. The summed E-state index contributed by atoms with van der Waals surface area (Å²) in [5, 5.41) is 15.1. The molecule has 2 fully saturated rings. The maximum Gasteiger partial charge on any atom is 0.343 e. The van der Waals surface area contributed by atoms with Crippen LogP contribution in [0.3, 0.4) is 0 Å². The lowest BCUT2D eigenvalue weighted by atomic mass is 9.68. The van der Waals surface area contributed by atoms with Gasteiger partial charge in [-0.3, -0.25) is 10.1 Å². The van der Waals surface area contributed by atoms with Gasteiger partial charge in [-0.2, -0.15) is 0 Å². The Balaban J connectivity index is 1.29. The molecule has 3 aromatic carbocycles. The number of anilines is 1. The number of hydrogen-bond acceptors (Lipinski definition) is 5. The molecule has 1 aliphatic heterocycles. The first-order valence-electron chi connectivity index (χ1n) is 11.5. The average molecular weight is 440 g/mol. The van der Waals surface area contributed by atoms with Crippen molar-refractivity contribution in [3.63, 3.8) is 0 Å². The van der Waals surface area contributed by atoms with Crippen molar-refractivity contribution in [2.24, 2.45) is 17.8 Å². The van der Waals surface area contributed by atoms with Gasteiger partial charge in [0.15, 0.2) is 0 Å². The first-order chi connectivity index (χ1) is 16.1. The second-order valence-electron chi connectivity index (χ2n) is 9.41. The van der Waals surface area contributed by atoms with Crippen molar-refractivity contribution in [2.45, 2.75) is 31.2 Å². The SMILES string of the molecule is O=C(Oc1ccc([C@@H]2Nc3ccc([N+](=O)[O-])cc3[C@@H]3[C@H]4CC[C@@H](C4)[C@@H]32)cc1)c1ccccc1. The predicted molar refractivity (Wildman–Crippen MR) is 124 cm³/mol. The first kappa shape index (κ1) is 20.0. The van der Waals surface area contributed by atoms with Gasteiger partial charge in [0.25, 0.3) is 5.69 Å². The third kappa shape index (κ3) is 3.37. The van der Waals surface area contributed by atoms with Crippen LogP contribution >= 0.6 is 0 Å². The summed E-state index contributed by atoms with van der Waals surface area (Å²) in [5.74, 6) is 2.13. The molecule has 6 heteroatoms. The molecule has 0 unspecified atom stereocenters. The zero-order valence-corrected chi connectivity index (χ0v) is 18.0. The highest BCUT2D eigenvalue weighted by molar-refractivity contribution is 5.90. The molecule has 2 aliphatic carbocycles.